The zero-order chi connectivity index (χ0) is 20.9. The van der Waals surface area contributed by atoms with Crippen molar-refractivity contribution in [2.24, 2.45) is 28.6 Å². The molecule has 5 rings (SSSR count). The second kappa shape index (κ2) is 7.18. The average Bonchev–Trinajstić information content (AvgIpc) is 3.10. The third-order valence-corrected chi connectivity index (χ3v) is 8.95. The monoisotopic (exact) mass is 406 g/mol. The molecule has 0 aromatic heterocycles. The molecule has 0 spiro atoms. The number of allylic oxidation sites excluding steroid dienone is 1. The summed E-state index contributed by atoms with van der Waals surface area (Å²) in [7, 11) is 0. The van der Waals surface area contributed by atoms with Crippen LogP contribution in [-0.2, 0) is 14.3 Å². The van der Waals surface area contributed by atoms with Crippen LogP contribution in [0.1, 0.15) is 68.6 Å². The molecular weight excluding hydrogens is 376 g/mol. The SMILES string of the molecule is C[C@]12CC[C@H]3[C@@H](CCC4=CC(=O)CC[C@@]43C=O)[C@@H]1CCC2OC(=O)c1ccccc1. The van der Waals surface area contributed by atoms with Crippen LogP contribution in [0.3, 0.4) is 0 Å². The van der Waals surface area contributed by atoms with E-state index in [4.69, 9.17) is 4.74 Å². The van der Waals surface area contributed by atoms with Crippen LogP contribution >= 0.6 is 0 Å². The Morgan fingerprint density at radius 2 is 1.83 bits per heavy atom. The number of fused-ring (bicyclic) bond motifs is 5. The molecule has 4 aliphatic carbocycles. The predicted molar refractivity (Wildman–Crippen MR) is 113 cm³/mol. The Morgan fingerprint density at radius 3 is 2.60 bits per heavy atom. The molecular formula is C26H30O4. The van der Waals surface area contributed by atoms with Gasteiger partial charge in [-0.3, -0.25) is 4.79 Å². The van der Waals surface area contributed by atoms with Crippen molar-refractivity contribution >= 4 is 18.0 Å². The fourth-order valence-corrected chi connectivity index (χ4v) is 7.41. The van der Waals surface area contributed by atoms with E-state index in [1.807, 2.05) is 18.2 Å². The second-order valence-corrected chi connectivity index (χ2v) is 10.1. The Labute approximate surface area is 178 Å². The molecule has 30 heavy (non-hydrogen) atoms. The summed E-state index contributed by atoms with van der Waals surface area (Å²) in [6.45, 7) is 2.30. The number of hydrogen-bond donors (Lipinski definition) is 0. The van der Waals surface area contributed by atoms with Crippen LogP contribution in [-0.4, -0.2) is 24.1 Å². The normalized spacial score (nSPS) is 39.9. The average molecular weight is 407 g/mol. The van der Waals surface area contributed by atoms with Crippen LogP contribution in [0.15, 0.2) is 42.0 Å². The van der Waals surface area contributed by atoms with E-state index >= 15 is 0 Å². The summed E-state index contributed by atoms with van der Waals surface area (Å²) >= 11 is 0. The van der Waals surface area contributed by atoms with Crippen LogP contribution in [0.4, 0.5) is 0 Å². The summed E-state index contributed by atoms with van der Waals surface area (Å²) in [5, 5.41) is 0. The summed E-state index contributed by atoms with van der Waals surface area (Å²) < 4.78 is 6.06. The van der Waals surface area contributed by atoms with Gasteiger partial charge in [0.2, 0.25) is 0 Å². The Kier molecular flexibility index (Phi) is 4.72. The second-order valence-electron chi connectivity index (χ2n) is 10.1. The lowest BCUT2D eigenvalue weighted by Crippen LogP contribution is -2.53. The van der Waals surface area contributed by atoms with Crippen LogP contribution in [0.5, 0.6) is 0 Å². The molecule has 0 bridgehead atoms. The van der Waals surface area contributed by atoms with E-state index in [1.165, 1.54) is 6.29 Å². The summed E-state index contributed by atoms with van der Waals surface area (Å²) in [6.07, 6.45) is 9.86. The number of ketones is 1. The van der Waals surface area contributed by atoms with Crippen molar-refractivity contribution in [1.29, 1.82) is 0 Å². The molecule has 4 aliphatic rings. The van der Waals surface area contributed by atoms with Crippen molar-refractivity contribution in [1.82, 2.24) is 0 Å². The van der Waals surface area contributed by atoms with Gasteiger partial charge in [0, 0.05) is 11.8 Å². The lowest BCUT2D eigenvalue weighted by atomic mass is 9.47. The standard InChI is InChI=1S/C26H30O4/c1-25-13-12-22-20(8-7-18-15-19(28)11-14-26(18,22)16-27)21(25)9-10-23(25)30-24(29)17-5-3-2-4-6-17/h2-6,15-16,20-23H,7-14H2,1H3/t20-,21-,22-,23?,25-,26+/m0/s1. The smallest absolute Gasteiger partial charge is 0.338 e. The summed E-state index contributed by atoms with van der Waals surface area (Å²) in [6, 6.07) is 9.24. The third-order valence-electron chi connectivity index (χ3n) is 8.95. The number of esters is 1. The molecule has 0 radical (unpaired) electrons. The molecule has 0 amide bonds. The molecule has 158 valence electrons. The van der Waals surface area contributed by atoms with Crippen LogP contribution in [0.2, 0.25) is 0 Å². The largest absolute Gasteiger partial charge is 0.458 e. The van der Waals surface area contributed by atoms with Crippen LogP contribution < -0.4 is 0 Å². The molecule has 1 aromatic rings. The van der Waals surface area contributed by atoms with Gasteiger partial charge in [-0.1, -0.05) is 30.7 Å². The van der Waals surface area contributed by atoms with Gasteiger partial charge in [0.1, 0.15) is 12.4 Å². The first-order valence-electron chi connectivity index (χ1n) is 11.4. The Bertz CT molecular complexity index is 903. The lowest BCUT2D eigenvalue weighted by molar-refractivity contribution is -0.130. The maximum absolute atomic E-state index is 12.7. The van der Waals surface area contributed by atoms with Crippen molar-refractivity contribution in [2.75, 3.05) is 0 Å². The van der Waals surface area contributed by atoms with Crippen molar-refractivity contribution in [2.45, 2.75) is 64.4 Å². The Balaban J connectivity index is 1.39. The van der Waals surface area contributed by atoms with E-state index in [0.717, 1.165) is 44.1 Å². The van der Waals surface area contributed by atoms with Gasteiger partial charge in [0.05, 0.1) is 11.0 Å². The van der Waals surface area contributed by atoms with Gasteiger partial charge in [-0.2, -0.15) is 0 Å². The third kappa shape index (κ3) is 2.83. The molecule has 1 aromatic carbocycles. The van der Waals surface area contributed by atoms with Crippen molar-refractivity contribution in [3.05, 3.63) is 47.5 Å². The van der Waals surface area contributed by atoms with Crippen molar-refractivity contribution in [3.63, 3.8) is 0 Å². The van der Waals surface area contributed by atoms with Crippen LogP contribution in [0.25, 0.3) is 0 Å². The number of ether oxygens (including phenoxy) is 1. The van der Waals surface area contributed by atoms with Crippen molar-refractivity contribution in [3.8, 4) is 0 Å². The van der Waals surface area contributed by atoms with Crippen molar-refractivity contribution < 1.29 is 19.1 Å². The first-order valence-corrected chi connectivity index (χ1v) is 11.4. The number of carbonyl (C=O) groups excluding carboxylic acids is 3. The van der Waals surface area contributed by atoms with E-state index in [0.29, 0.717) is 36.2 Å². The van der Waals surface area contributed by atoms with Crippen LogP contribution in [0, 0.1) is 28.6 Å². The summed E-state index contributed by atoms with van der Waals surface area (Å²) in [4.78, 5) is 37.1. The summed E-state index contributed by atoms with van der Waals surface area (Å²) in [5.74, 6) is 1.22. The molecule has 0 heterocycles. The van der Waals surface area contributed by atoms with Gasteiger partial charge in [0.25, 0.3) is 0 Å². The van der Waals surface area contributed by atoms with Gasteiger partial charge in [-0.15, -0.1) is 0 Å². The Hall–Kier alpha value is -2.23. The highest BCUT2D eigenvalue weighted by molar-refractivity contribution is 5.93. The number of aldehydes is 1. The maximum Gasteiger partial charge on any atom is 0.338 e. The molecule has 4 heteroatoms. The fraction of sp³-hybridized carbons (Fsp3) is 0.577. The highest BCUT2D eigenvalue weighted by Crippen LogP contribution is 2.65. The van der Waals surface area contributed by atoms with Gasteiger partial charge in [-0.25, -0.2) is 4.79 Å². The number of hydrogen-bond acceptors (Lipinski definition) is 4. The minimum atomic E-state index is -0.434. The molecule has 0 aliphatic heterocycles. The first kappa shape index (κ1) is 19.7. The van der Waals surface area contributed by atoms with E-state index in [-0.39, 0.29) is 23.3 Å². The van der Waals surface area contributed by atoms with E-state index in [2.05, 4.69) is 6.92 Å². The molecule has 4 nitrogen and oxygen atoms in total. The molecule has 1 unspecified atom stereocenters. The molecule has 3 fully saturated rings. The Morgan fingerprint density at radius 1 is 1.03 bits per heavy atom. The number of rotatable bonds is 3. The highest BCUT2D eigenvalue weighted by atomic mass is 16.5. The van der Waals surface area contributed by atoms with Gasteiger partial charge in [-0.05, 0) is 80.9 Å². The number of benzene rings is 1. The molecule has 3 saturated carbocycles. The first-order chi connectivity index (χ1) is 14.5. The minimum absolute atomic E-state index is 0.0264. The lowest BCUT2D eigenvalue weighted by Gasteiger charge is -2.56. The number of carbonyl (C=O) groups is 3. The van der Waals surface area contributed by atoms with Gasteiger partial charge in [0.15, 0.2) is 5.78 Å². The molecule has 6 atom stereocenters. The summed E-state index contributed by atoms with van der Waals surface area (Å²) in [5.41, 5.74) is 1.24. The molecule has 0 saturated heterocycles. The van der Waals surface area contributed by atoms with E-state index in [1.54, 1.807) is 18.2 Å². The topological polar surface area (TPSA) is 60.4 Å². The van der Waals surface area contributed by atoms with Gasteiger partial charge >= 0.3 is 5.97 Å². The minimum Gasteiger partial charge on any atom is -0.458 e. The zero-order valence-corrected chi connectivity index (χ0v) is 17.6. The molecule has 0 N–H and O–H groups in total. The van der Waals surface area contributed by atoms with Gasteiger partial charge < -0.3 is 9.53 Å². The predicted octanol–water partition coefficient (Wildman–Crippen LogP) is 4.92. The zero-order valence-electron chi connectivity index (χ0n) is 17.6. The fourth-order valence-electron chi connectivity index (χ4n) is 7.41. The van der Waals surface area contributed by atoms with E-state index in [9.17, 15) is 14.4 Å². The quantitative estimate of drug-likeness (QED) is 0.528. The van der Waals surface area contributed by atoms with E-state index < -0.39 is 5.41 Å². The maximum atomic E-state index is 12.7. The highest BCUT2D eigenvalue weighted by Gasteiger charge is 2.61.